The maximum absolute atomic E-state index is 11.7. The van der Waals surface area contributed by atoms with Crippen LogP contribution >= 0.6 is 0 Å². The number of anilines is 1. The van der Waals surface area contributed by atoms with E-state index in [2.05, 4.69) is 24.5 Å². The average molecular weight is 278 g/mol. The summed E-state index contributed by atoms with van der Waals surface area (Å²) in [6, 6.07) is 5.73. The van der Waals surface area contributed by atoms with E-state index in [1.807, 2.05) is 25.1 Å². The van der Waals surface area contributed by atoms with E-state index in [1.165, 1.54) is 11.1 Å². The highest BCUT2D eigenvalue weighted by Crippen LogP contribution is 2.13. The van der Waals surface area contributed by atoms with Gasteiger partial charge in [0.1, 0.15) is 0 Å². The Balaban J connectivity index is 2.15. The predicted molar refractivity (Wildman–Crippen MR) is 83.3 cm³/mol. The number of unbranched alkanes of at least 4 members (excludes halogenated alkanes) is 1. The summed E-state index contributed by atoms with van der Waals surface area (Å²) in [5.74, 6) is 0. The smallest absolute Gasteiger partial charge is 0.319 e. The van der Waals surface area contributed by atoms with Gasteiger partial charge >= 0.3 is 6.03 Å². The van der Waals surface area contributed by atoms with Gasteiger partial charge in [-0.1, -0.05) is 19.4 Å². The zero-order chi connectivity index (χ0) is 14.8. The second-order valence-corrected chi connectivity index (χ2v) is 5.00. The second kappa shape index (κ2) is 9.37. The first kappa shape index (κ1) is 16.5. The molecule has 0 radical (unpaired) electrons. The quantitative estimate of drug-likeness (QED) is 0.713. The minimum absolute atomic E-state index is 0.165. The fraction of sp³-hybridized carbons (Fsp3) is 0.562. The molecule has 0 saturated carbocycles. The molecule has 2 N–H and O–H groups in total. The zero-order valence-corrected chi connectivity index (χ0v) is 12.8. The number of hydrogen-bond acceptors (Lipinski definition) is 2. The molecule has 0 aromatic heterocycles. The van der Waals surface area contributed by atoms with E-state index in [1.54, 1.807) is 0 Å². The molecule has 0 aliphatic rings. The van der Waals surface area contributed by atoms with Gasteiger partial charge in [-0.05, 0) is 49.9 Å². The Labute approximate surface area is 121 Å². The van der Waals surface area contributed by atoms with E-state index in [-0.39, 0.29) is 6.03 Å². The van der Waals surface area contributed by atoms with Crippen LogP contribution in [0.5, 0.6) is 0 Å². The molecule has 0 saturated heterocycles. The minimum Gasteiger partial charge on any atom is -0.381 e. The van der Waals surface area contributed by atoms with E-state index in [0.717, 1.165) is 31.6 Å². The summed E-state index contributed by atoms with van der Waals surface area (Å²) in [4.78, 5) is 11.7. The fourth-order valence-electron chi connectivity index (χ4n) is 1.72. The van der Waals surface area contributed by atoms with Gasteiger partial charge in [0.25, 0.3) is 0 Å². The van der Waals surface area contributed by atoms with Gasteiger partial charge in [-0.2, -0.15) is 0 Å². The van der Waals surface area contributed by atoms with E-state index in [0.29, 0.717) is 13.2 Å². The zero-order valence-electron chi connectivity index (χ0n) is 12.8. The summed E-state index contributed by atoms with van der Waals surface area (Å²) < 4.78 is 5.43. The second-order valence-electron chi connectivity index (χ2n) is 5.00. The number of benzene rings is 1. The number of ether oxygens (including phenoxy) is 1. The van der Waals surface area contributed by atoms with Crippen molar-refractivity contribution in [1.82, 2.24) is 5.32 Å². The van der Waals surface area contributed by atoms with Gasteiger partial charge in [-0.15, -0.1) is 0 Å². The molecule has 1 aromatic carbocycles. The first-order chi connectivity index (χ1) is 9.63. The lowest BCUT2D eigenvalue weighted by molar-refractivity contribution is 0.129. The number of carbonyl (C=O) groups is 1. The van der Waals surface area contributed by atoms with Gasteiger partial charge in [0.15, 0.2) is 0 Å². The highest BCUT2D eigenvalue weighted by atomic mass is 16.5. The third-order valence-electron chi connectivity index (χ3n) is 3.16. The summed E-state index contributed by atoms with van der Waals surface area (Å²) >= 11 is 0. The van der Waals surface area contributed by atoms with Crippen molar-refractivity contribution < 1.29 is 9.53 Å². The molecule has 1 rings (SSSR count). The van der Waals surface area contributed by atoms with Gasteiger partial charge in [-0.3, -0.25) is 0 Å². The third-order valence-corrected chi connectivity index (χ3v) is 3.16. The molecule has 4 nitrogen and oxygen atoms in total. The Morgan fingerprint density at radius 3 is 2.60 bits per heavy atom. The topological polar surface area (TPSA) is 50.4 Å². The van der Waals surface area contributed by atoms with Crippen LogP contribution in [0.3, 0.4) is 0 Å². The highest BCUT2D eigenvalue weighted by Gasteiger charge is 2.02. The van der Waals surface area contributed by atoms with Gasteiger partial charge in [0.05, 0.1) is 0 Å². The monoisotopic (exact) mass is 278 g/mol. The van der Waals surface area contributed by atoms with E-state index in [4.69, 9.17) is 4.74 Å². The maximum Gasteiger partial charge on any atom is 0.319 e. The largest absolute Gasteiger partial charge is 0.381 e. The Morgan fingerprint density at radius 2 is 1.90 bits per heavy atom. The van der Waals surface area contributed by atoms with Crippen molar-refractivity contribution >= 4 is 11.7 Å². The van der Waals surface area contributed by atoms with Crippen molar-refractivity contribution in [1.29, 1.82) is 0 Å². The van der Waals surface area contributed by atoms with Crippen LogP contribution in [-0.2, 0) is 4.74 Å². The minimum atomic E-state index is -0.165. The molecule has 0 aliphatic carbocycles. The summed E-state index contributed by atoms with van der Waals surface area (Å²) in [7, 11) is 0. The lowest BCUT2D eigenvalue weighted by Gasteiger charge is -2.09. The Morgan fingerprint density at radius 1 is 1.15 bits per heavy atom. The number of urea groups is 1. The Bertz CT molecular complexity index is 419. The number of nitrogens with one attached hydrogen (secondary N) is 2. The molecule has 20 heavy (non-hydrogen) atoms. The van der Waals surface area contributed by atoms with Crippen LogP contribution in [0.25, 0.3) is 0 Å². The van der Waals surface area contributed by atoms with E-state index in [9.17, 15) is 4.79 Å². The molecular formula is C16H26N2O2. The number of rotatable bonds is 8. The molecule has 2 amide bonds. The number of amides is 2. The van der Waals surface area contributed by atoms with Crippen LogP contribution in [0.1, 0.15) is 37.3 Å². The van der Waals surface area contributed by atoms with Gasteiger partial charge in [-0.25, -0.2) is 4.79 Å². The van der Waals surface area contributed by atoms with Crippen LogP contribution < -0.4 is 10.6 Å². The van der Waals surface area contributed by atoms with Crippen molar-refractivity contribution in [2.75, 3.05) is 25.1 Å². The molecular weight excluding hydrogens is 252 g/mol. The molecule has 4 heteroatoms. The van der Waals surface area contributed by atoms with Crippen molar-refractivity contribution in [3.05, 3.63) is 29.3 Å². The van der Waals surface area contributed by atoms with Gasteiger partial charge in [0, 0.05) is 25.4 Å². The van der Waals surface area contributed by atoms with Crippen LogP contribution in [-0.4, -0.2) is 25.8 Å². The lowest BCUT2D eigenvalue weighted by Crippen LogP contribution is -2.30. The summed E-state index contributed by atoms with van der Waals surface area (Å²) in [5.41, 5.74) is 3.22. The Hall–Kier alpha value is -1.55. The first-order valence-electron chi connectivity index (χ1n) is 7.33. The number of aryl methyl sites for hydroxylation is 2. The van der Waals surface area contributed by atoms with E-state index >= 15 is 0 Å². The summed E-state index contributed by atoms with van der Waals surface area (Å²) in [6.07, 6.45) is 3.08. The molecule has 0 aliphatic heterocycles. The van der Waals surface area contributed by atoms with Crippen molar-refractivity contribution in [2.45, 2.75) is 40.0 Å². The normalized spacial score (nSPS) is 10.3. The third kappa shape index (κ3) is 6.57. The first-order valence-corrected chi connectivity index (χ1v) is 7.33. The van der Waals surface area contributed by atoms with Crippen molar-refractivity contribution in [2.24, 2.45) is 0 Å². The predicted octanol–water partition coefficient (Wildman–Crippen LogP) is 3.63. The molecule has 0 fully saturated rings. The summed E-state index contributed by atoms with van der Waals surface area (Å²) in [5, 5.41) is 5.66. The SMILES string of the molecule is CCCCOCCCNC(=O)Nc1ccc(C)c(C)c1. The maximum atomic E-state index is 11.7. The van der Waals surface area contributed by atoms with Gasteiger partial charge < -0.3 is 15.4 Å². The molecule has 112 valence electrons. The lowest BCUT2D eigenvalue weighted by atomic mass is 10.1. The number of hydrogen-bond donors (Lipinski definition) is 2. The molecule has 0 bridgehead atoms. The molecule has 0 spiro atoms. The molecule has 0 unspecified atom stereocenters. The number of carbonyl (C=O) groups excluding carboxylic acids is 1. The highest BCUT2D eigenvalue weighted by molar-refractivity contribution is 5.89. The van der Waals surface area contributed by atoms with Crippen LogP contribution in [0.2, 0.25) is 0 Å². The van der Waals surface area contributed by atoms with Crippen molar-refractivity contribution in [3.63, 3.8) is 0 Å². The fourth-order valence-corrected chi connectivity index (χ4v) is 1.72. The van der Waals surface area contributed by atoms with Crippen LogP contribution in [0.15, 0.2) is 18.2 Å². The molecule has 0 heterocycles. The standard InChI is InChI=1S/C16H26N2O2/c1-4-5-10-20-11-6-9-17-16(19)18-15-8-7-13(2)14(3)12-15/h7-8,12H,4-6,9-11H2,1-3H3,(H2,17,18,19). The Kier molecular flexibility index (Phi) is 7.73. The van der Waals surface area contributed by atoms with Crippen molar-refractivity contribution in [3.8, 4) is 0 Å². The van der Waals surface area contributed by atoms with Crippen LogP contribution in [0.4, 0.5) is 10.5 Å². The summed E-state index contributed by atoms with van der Waals surface area (Å²) in [6.45, 7) is 8.36. The van der Waals surface area contributed by atoms with Gasteiger partial charge in [0.2, 0.25) is 0 Å². The molecule has 0 atom stereocenters. The van der Waals surface area contributed by atoms with E-state index < -0.39 is 0 Å². The van der Waals surface area contributed by atoms with Crippen LogP contribution in [0, 0.1) is 13.8 Å². The molecule has 1 aromatic rings. The average Bonchev–Trinajstić information content (AvgIpc) is 2.42.